The van der Waals surface area contributed by atoms with E-state index in [1.165, 1.54) is 6.42 Å². The van der Waals surface area contributed by atoms with Gasteiger partial charge in [0.25, 0.3) is 0 Å². The number of nitrogens with zero attached hydrogens (tertiary/aromatic N) is 1. The minimum absolute atomic E-state index is 0.139. The lowest BCUT2D eigenvalue weighted by atomic mass is 9.73. The second-order valence-electron chi connectivity index (χ2n) is 5.27. The van der Waals surface area contributed by atoms with Crippen molar-refractivity contribution in [2.45, 2.75) is 38.5 Å². The maximum Gasteiger partial charge on any atom is 0.235 e. The average molecular weight is 270 g/mol. The lowest BCUT2D eigenvalue weighted by Gasteiger charge is -2.38. The molecule has 1 saturated carbocycles. The third kappa shape index (κ3) is 2.67. The largest absolute Gasteiger partial charge is 0.392 e. The van der Waals surface area contributed by atoms with Crippen molar-refractivity contribution < 1.29 is 9.53 Å². The first-order valence-electron chi connectivity index (χ1n) is 6.84. The Morgan fingerprint density at radius 2 is 1.83 bits per heavy atom. The molecule has 4 nitrogen and oxygen atoms in total. The molecule has 2 N–H and O–H groups in total. The predicted octanol–water partition coefficient (Wildman–Crippen LogP) is 1.47. The Morgan fingerprint density at radius 1 is 1.11 bits per heavy atom. The summed E-state index contributed by atoms with van der Waals surface area (Å²) in [5.74, 6) is 0.139. The Balaban J connectivity index is 2.14. The highest BCUT2D eigenvalue weighted by atomic mass is 32.1. The molecule has 0 bridgehead atoms. The summed E-state index contributed by atoms with van der Waals surface area (Å²) in [6, 6.07) is 0. The molecule has 2 rings (SSSR count). The van der Waals surface area contributed by atoms with Crippen LogP contribution in [0.2, 0.25) is 0 Å². The van der Waals surface area contributed by atoms with Crippen molar-refractivity contribution >= 4 is 23.1 Å². The molecule has 2 fully saturated rings. The van der Waals surface area contributed by atoms with Crippen molar-refractivity contribution in [3.05, 3.63) is 0 Å². The van der Waals surface area contributed by atoms with E-state index in [-0.39, 0.29) is 5.91 Å². The first-order valence-corrected chi connectivity index (χ1v) is 7.25. The number of hydrogen-bond donors (Lipinski definition) is 1. The van der Waals surface area contributed by atoms with Gasteiger partial charge in [0.1, 0.15) is 0 Å². The molecule has 0 aromatic carbocycles. The lowest BCUT2D eigenvalue weighted by Crippen LogP contribution is -2.52. The summed E-state index contributed by atoms with van der Waals surface area (Å²) in [7, 11) is 0. The molecule has 0 radical (unpaired) electrons. The van der Waals surface area contributed by atoms with Gasteiger partial charge < -0.3 is 15.4 Å². The molecule has 1 heterocycles. The Kier molecular flexibility index (Phi) is 4.56. The molecule has 2 aliphatic rings. The molecule has 0 spiro atoms. The number of rotatable bonds is 2. The van der Waals surface area contributed by atoms with E-state index in [0.29, 0.717) is 18.1 Å². The van der Waals surface area contributed by atoms with Crippen molar-refractivity contribution in [2.75, 3.05) is 26.3 Å². The SMILES string of the molecule is NC(=S)C1(C(=O)N2CCCOCC2)CCCCC1. The summed E-state index contributed by atoms with van der Waals surface area (Å²) in [4.78, 5) is 15.1. The molecule has 1 saturated heterocycles. The quantitative estimate of drug-likeness (QED) is 0.772. The second kappa shape index (κ2) is 5.97. The topological polar surface area (TPSA) is 55.6 Å². The highest BCUT2D eigenvalue weighted by Gasteiger charge is 2.44. The molecule has 1 amide bonds. The molecular weight excluding hydrogens is 248 g/mol. The summed E-state index contributed by atoms with van der Waals surface area (Å²) >= 11 is 5.21. The number of hydrogen-bond acceptors (Lipinski definition) is 3. The standard InChI is InChI=1S/C13H22N2O2S/c14-11(18)13(5-2-1-3-6-13)12(16)15-7-4-9-17-10-8-15/h1-10H2,(H2,14,18). The Morgan fingerprint density at radius 3 is 2.50 bits per heavy atom. The van der Waals surface area contributed by atoms with Crippen LogP contribution in [-0.2, 0) is 9.53 Å². The monoisotopic (exact) mass is 270 g/mol. The normalized spacial score (nSPS) is 24.3. The van der Waals surface area contributed by atoms with Crippen LogP contribution in [0.4, 0.5) is 0 Å². The van der Waals surface area contributed by atoms with Gasteiger partial charge in [-0.2, -0.15) is 0 Å². The van der Waals surface area contributed by atoms with Crippen LogP contribution in [0.3, 0.4) is 0 Å². The average Bonchev–Trinajstić information content (AvgIpc) is 2.67. The van der Waals surface area contributed by atoms with Gasteiger partial charge in [-0.3, -0.25) is 4.79 Å². The molecule has 1 aliphatic heterocycles. The first-order chi connectivity index (χ1) is 8.67. The lowest BCUT2D eigenvalue weighted by molar-refractivity contribution is -0.139. The smallest absolute Gasteiger partial charge is 0.235 e. The van der Waals surface area contributed by atoms with Crippen LogP contribution < -0.4 is 5.73 Å². The third-order valence-corrected chi connectivity index (χ3v) is 4.49. The van der Waals surface area contributed by atoms with E-state index in [0.717, 1.165) is 45.3 Å². The molecule has 102 valence electrons. The minimum atomic E-state index is -0.572. The van der Waals surface area contributed by atoms with Crippen LogP contribution in [0.25, 0.3) is 0 Å². The van der Waals surface area contributed by atoms with Crippen LogP contribution in [-0.4, -0.2) is 42.1 Å². The number of carbonyl (C=O) groups excluding carboxylic acids is 1. The van der Waals surface area contributed by atoms with Crippen molar-refractivity contribution in [2.24, 2.45) is 11.1 Å². The number of thiocarbonyl (C=S) groups is 1. The number of amides is 1. The van der Waals surface area contributed by atoms with E-state index in [4.69, 9.17) is 22.7 Å². The molecule has 0 unspecified atom stereocenters. The van der Waals surface area contributed by atoms with Gasteiger partial charge in [0.2, 0.25) is 5.91 Å². The summed E-state index contributed by atoms with van der Waals surface area (Å²) in [6.07, 6.45) is 5.82. The number of ether oxygens (including phenoxy) is 1. The van der Waals surface area contributed by atoms with Gasteiger partial charge in [-0.15, -0.1) is 0 Å². The zero-order chi connectivity index (χ0) is 13.0. The summed E-state index contributed by atoms with van der Waals surface area (Å²) in [5.41, 5.74) is 5.33. The van der Waals surface area contributed by atoms with Crippen molar-refractivity contribution in [1.29, 1.82) is 0 Å². The maximum absolute atomic E-state index is 12.8. The van der Waals surface area contributed by atoms with E-state index in [9.17, 15) is 4.79 Å². The van der Waals surface area contributed by atoms with Gasteiger partial charge in [0.05, 0.1) is 17.0 Å². The van der Waals surface area contributed by atoms with Crippen molar-refractivity contribution in [3.63, 3.8) is 0 Å². The first kappa shape index (κ1) is 13.7. The predicted molar refractivity (Wildman–Crippen MR) is 74.3 cm³/mol. The molecule has 18 heavy (non-hydrogen) atoms. The van der Waals surface area contributed by atoms with Gasteiger partial charge in [0, 0.05) is 19.7 Å². The highest BCUT2D eigenvalue weighted by Crippen LogP contribution is 2.38. The van der Waals surface area contributed by atoms with Crippen LogP contribution in [0.15, 0.2) is 0 Å². The van der Waals surface area contributed by atoms with Gasteiger partial charge in [-0.1, -0.05) is 31.5 Å². The second-order valence-corrected chi connectivity index (χ2v) is 5.70. The van der Waals surface area contributed by atoms with Crippen molar-refractivity contribution in [1.82, 2.24) is 4.90 Å². The summed E-state index contributed by atoms with van der Waals surface area (Å²) in [6.45, 7) is 2.80. The van der Waals surface area contributed by atoms with Crippen LogP contribution >= 0.6 is 12.2 Å². The Hall–Kier alpha value is -0.680. The van der Waals surface area contributed by atoms with E-state index < -0.39 is 5.41 Å². The summed E-state index contributed by atoms with van der Waals surface area (Å²) in [5, 5.41) is 0. The molecule has 1 aliphatic carbocycles. The highest BCUT2D eigenvalue weighted by molar-refractivity contribution is 7.80. The Labute approximate surface area is 114 Å². The van der Waals surface area contributed by atoms with Gasteiger partial charge >= 0.3 is 0 Å². The van der Waals surface area contributed by atoms with E-state index in [1.807, 2.05) is 4.90 Å². The van der Waals surface area contributed by atoms with Gasteiger partial charge in [0.15, 0.2) is 0 Å². The molecule has 0 aromatic heterocycles. The number of nitrogens with two attached hydrogens (primary N) is 1. The van der Waals surface area contributed by atoms with Crippen LogP contribution in [0.1, 0.15) is 38.5 Å². The third-order valence-electron chi connectivity index (χ3n) is 4.10. The fourth-order valence-electron chi connectivity index (χ4n) is 2.97. The van der Waals surface area contributed by atoms with Crippen LogP contribution in [0.5, 0.6) is 0 Å². The molecular formula is C13H22N2O2S. The summed E-state index contributed by atoms with van der Waals surface area (Å²) < 4.78 is 5.40. The molecule has 0 aromatic rings. The fourth-order valence-corrected chi connectivity index (χ4v) is 3.26. The van der Waals surface area contributed by atoms with Gasteiger partial charge in [-0.05, 0) is 19.3 Å². The van der Waals surface area contributed by atoms with E-state index in [1.54, 1.807) is 0 Å². The van der Waals surface area contributed by atoms with Crippen molar-refractivity contribution in [3.8, 4) is 0 Å². The van der Waals surface area contributed by atoms with E-state index in [2.05, 4.69) is 0 Å². The van der Waals surface area contributed by atoms with E-state index >= 15 is 0 Å². The minimum Gasteiger partial charge on any atom is -0.392 e. The Bertz CT molecular complexity index is 319. The molecule has 5 heteroatoms. The van der Waals surface area contributed by atoms with Gasteiger partial charge in [-0.25, -0.2) is 0 Å². The zero-order valence-electron chi connectivity index (χ0n) is 10.8. The zero-order valence-corrected chi connectivity index (χ0v) is 11.6. The fraction of sp³-hybridized carbons (Fsp3) is 0.846. The van der Waals surface area contributed by atoms with Crippen LogP contribution in [0, 0.1) is 5.41 Å². The maximum atomic E-state index is 12.8. The number of carbonyl (C=O) groups is 1. The molecule has 0 atom stereocenters.